The van der Waals surface area contributed by atoms with E-state index in [1.807, 2.05) is 14.0 Å². The van der Waals surface area contributed by atoms with Gasteiger partial charge in [-0.15, -0.1) is 0 Å². The smallest absolute Gasteiger partial charge is 0.393 e. The summed E-state index contributed by atoms with van der Waals surface area (Å²) in [6, 6.07) is 4.24. The maximum absolute atomic E-state index is 14.1. The van der Waals surface area contributed by atoms with E-state index in [-0.39, 0.29) is 40.8 Å². The van der Waals surface area contributed by atoms with Gasteiger partial charge in [0.1, 0.15) is 5.82 Å². The number of aromatic nitrogens is 2. The van der Waals surface area contributed by atoms with Gasteiger partial charge in [0.15, 0.2) is 11.5 Å². The Hall–Kier alpha value is -2.92. The Labute approximate surface area is 214 Å². The molecule has 5 N–H and O–H groups in total. The van der Waals surface area contributed by atoms with E-state index in [4.69, 9.17) is 5.73 Å². The number of aliphatic hydroxyl groups excluding tert-OH is 1. The van der Waals surface area contributed by atoms with Crippen LogP contribution in [0.3, 0.4) is 0 Å². The number of nitrogens with two attached hydrogens (primary N) is 1. The quantitative estimate of drug-likeness (QED) is 0.427. The summed E-state index contributed by atoms with van der Waals surface area (Å²) in [5.74, 6) is -0.536. The van der Waals surface area contributed by atoms with Crippen LogP contribution in [0.15, 0.2) is 18.2 Å². The number of carbonyl (C=O) groups is 1. The number of likely N-dealkylation sites (tertiary alicyclic amines) is 1. The molecule has 0 bridgehead atoms. The van der Waals surface area contributed by atoms with Crippen LogP contribution >= 0.6 is 0 Å². The van der Waals surface area contributed by atoms with Gasteiger partial charge in [-0.05, 0) is 88.7 Å². The average molecular weight is 521 g/mol. The van der Waals surface area contributed by atoms with Crippen molar-refractivity contribution in [1.82, 2.24) is 14.9 Å². The van der Waals surface area contributed by atoms with Gasteiger partial charge in [-0.2, -0.15) is 13.2 Å². The number of hydrogen-bond acceptors (Lipinski definition) is 7. The van der Waals surface area contributed by atoms with Crippen molar-refractivity contribution in [2.24, 2.45) is 5.73 Å². The van der Waals surface area contributed by atoms with E-state index in [2.05, 4.69) is 25.5 Å². The Bertz CT molecular complexity index is 1110. The van der Waals surface area contributed by atoms with Gasteiger partial charge in [0.05, 0.1) is 17.4 Å². The number of benzene rings is 1. The second-order valence-corrected chi connectivity index (χ2v) is 10.1. The summed E-state index contributed by atoms with van der Waals surface area (Å²) < 4.78 is 42.3. The van der Waals surface area contributed by atoms with E-state index < -0.39 is 17.6 Å². The number of nitrogens with zero attached hydrogens (tertiary/aromatic N) is 3. The van der Waals surface area contributed by atoms with Crippen LogP contribution in [0.1, 0.15) is 78.7 Å². The highest BCUT2D eigenvalue weighted by atomic mass is 19.4. The number of aliphatic hydroxyl groups is 1. The highest BCUT2D eigenvalue weighted by Gasteiger charge is 2.36. The molecule has 1 aliphatic heterocycles. The van der Waals surface area contributed by atoms with E-state index >= 15 is 0 Å². The summed E-state index contributed by atoms with van der Waals surface area (Å²) in [5, 5.41) is 16.0. The van der Waals surface area contributed by atoms with Crippen LogP contribution in [0.4, 0.5) is 30.5 Å². The number of rotatable bonds is 7. The maximum atomic E-state index is 14.1. The molecule has 1 aromatic carbocycles. The molecule has 0 radical (unpaired) electrons. The van der Waals surface area contributed by atoms with Gasteiger partial charge < -0.3 is 26.4 Å². The zero-order valence-electron chi connectivity index (χ0n) is 21.2. The molecule has 0 atom stereocenters. The second-order valence-electron chi connectivity index (χ2n) is 10.1. The first-order valence-electron chi connectivity index (χ1n) is 12.9. The summed E-state index contributed by atoms with van der Waals surface area (Å²) in [7, 11) is 1.97. The van der Waals surface area contributed by atoms with Gasteiger partial charge in [0.2, 0.25) is 0 Å². The topological polar surface area (TPSA) is 116 Å². The van der Waals surface area contributed by atoms with Gasteiger partial charge in [-0.25, -0.2) is 9.97 Å². The highest BCUT2D eigenvalue weighted by molar-refractivity contribution is 5.96. The molecular formula is C26H35F3N6O2. The molecule has 1 aromatic heterocycles. The minimum Gasteiger partial charge on any atom is -0.393 e. The number of hydrogen-bond donors (Lipinski definition) is 4. The molecule has 2 fully saturated rings. The molecule has 1 aliphatic carbocycles. The number of primary amides is 1. The lowest BCUT2D eigenvalue weighted by Gasteiger charge is -2.31. The third kappa shape index (κ3) is 6.51. The van der Waals surface area contributed by atoms with Crippen molar-refractivity contribution in [3.8, 4) is 0 Å². The molecule has 0 spiro atoms. The fourth-order valence-electron chi connectivity index (χ4n) is 5.20. The lowest BCUT2D eigenvalue weighted by Crippen LogP contribution is -2.30. The number of amides is 1. The lowest BCUT2D eigenvalue weighted by molar-refractivity contribution is -0.138. The first-order valence-corrected chi connectivity index (χ1v) is 12.9. The molecule has 37 heavy (non-hydrogen) atoms. The predicted molar refractivity (Wildman–Crippen MR) is 136 cm³/mol. The maximum Gasteiger partial charge on any atom is 0.416 e. The molecule has 1 saturated heterocycles. The zero-order chi connectivity index (χ0) is 26.7. The van der Waals surface area contributed by atoms with Gasteiger partial charge in [0.25, 0.3) is 5.91 Å². The second kappa shape index (κ2) is 11.2. The normalized spacial score (nSPS) is 21.6. The molecule has 4 rings (SSSR count). The molecule has 202 valence electrons. The van der Waals surface area contributed by atoms with Crippen molar-refractivity contribution in [2.75, 3.05) is 30.8 Å². The van der Waals surface area contributed by atoms with Crippen LogP contribution in [0.5, 0.6) is 0 Å². The summed E-state index contributed by atoms with van der Waals surface area (Å²) in [5.41, 5.74) is 5.72. The lowest BCUT2D eigenvalue weighted by atomic mass is 9.86. The third-order valence-corrected chi connectivity index (χ3v) is 7.35. The summed E-state index contributed by atoms with van der Waals surface area (Å²) in [4.78, 5) is 23.2. The molecule has 2 heterocycles. The van der Waals surface area contributed by atoms with Crippen molar-refractivity contribution < 1.29 is 23.1 Å². The van der Waals surface area contributed by atoms with E-state index in [0.717, 1.165) is 32.0 Å². The van der Waals surface area contributed by atoms with Crippen LogP contribution in [0, 0.1) is 0 Å². The molecule has 11 heteroatoms. The molecule has 1 saturated carbocycles. The summed E-state index contributed by atoms with van der Waals surface area (Å²) in [6.45, 7) is 3.37. The zero-order valence-corrected chi connectivity index (χ0v) is 21.2. The van der Waals surface area contributed by atoms with Crippen LogP contribution in [0.25, 0.3) is 0 Å². The number of anilines is 3. The SMILES string of the molecule is CCc1nc(C(N)=O)c(Nc2ccc(C3CCN(C)CC3)c(C(F)(F)F)c2)nc1NC1CCC(O)CC1. The van der Waals surface area contributed by atoms with E-state index in [1.165, 1.54) is 6.07 Å². The largest absolute Gasteiger partial charge is 0.416 e. The van der Waals surface area contributed by atoms with Crippen molar-refractivity contribution in [2.45, 2.75) is 76.1 Å². The van der Waals surface area contributed by atoms with Crippen LogP contribution < -0.4 is 16.4 Å². The minimum atomic E-state index is -4.53. The molecule has 2 aromatic rings. The van der Waals surface area contributed by atoms with E-state index in [0.29, 0.717) is 43.6 Å². The Morgan fingerprint density at radius 1 is 1.11 bits per heavy atom. The Morgan fingerprint density at radius 3 is 2.38 bits per heavy atom. The van der Waals surface area contributed by atoms with Gasteiger partial charge in [-0.1, -0.05) is 13.0 Å². The molecule has 8 nitrogen and oxygen atoms in total. The summed E-state index contributed by atoms with van der Waals surface area (Å²) >= 11 is 0. The van der Waals surface area contributed by atoms with Crippen molar-refractivity contribution in [3.63, 3.8) is 0 Å². The highest BCUT2D eigenvalue weighted by Crippen LogP contribution is 2.40. The van der Waals surface area contributed by atoms with Crippen molar-refractivity contribution in [1.29, 1.82) is 0 Å². The number of carbonyl (C=O) groups excluding carboxylic acids is 1. The number of nitrogens with one attached hydrogen (secondary N) is 2. The van der Waals surface area contributed by atoms with Crippen LogP contribution in [0.2, 0.25) is 0 Å². The molecule has 2 aliphatic rings. The Balaban J connectivity index is 1.66. The van der Waals surface area contributed by atoms with Gasteiger partial charge in [-0.3, -0.25) is 4.79 Å². The van der Waals surface area contributed by atoms with Crippen molar-refractivity contribution in [3.05, 3.63) is 40.7 Å². The predicted octanol–water partition coefficient (Wildman–Crippen LogP) is 4.42. The minimum absolute atomic E-state index is 0.00297. The standard InChI is InChI=1S/C26H35F3N6O2/c1-3-21-24(31-16-4-7-18(36)8-5-16)34-25(22(33-21)23(30)37)32-17-6-9-19(20(14-17)26(27,28)29)15-10-12-35(2)13-11-15/h6,9,14-16,18,36H,3-5,7-8,10-13H2,1-2H3,(H2,30,37)(H2,31,32,34). The first kappa shape index (κ1) is 27.1. The van der Waals surface area contributed by atoms with Crippen LogP contribution in [-0.4, -0.2) is 58.2 Å². The fourth-order valence-corrected chi connectivity index (χ4v) is 5.20. The van der Waals surface area contributed by atoms with Gasteiger partial charge >= 0.3 is 6.18 Å². The number of aryl methyl sites for hydroxylation is 1. The van der Waals surface area contributed by atoms with Crippen molar-refractivity contribution >= 4 is 23.2 Å². The first-order chi connectivity index (χ1) is 17.5. The van der Waals surface area contributed by atoms with Crippen LogP contribution in [-0.2, 0) is 12.6 Å². The summed E-state index contributed by atoms with van der Waals surface area (Å²) in [6.07, 6.45) is -0.205. The monoisotopic (exact) mass is 520 g/mol. The number of halogens is 3. The molecule has 1 amide bonds. The average Bonchev–Trinajstić information content (AvgIpc) is 2.85. The number of alkyl halides is 3. The molecule has 0 unspecified atom stereocenters. The molecular weight excluding hydrogens is 485 g/mol. The fraction of sp³-hybridized carbons (Fsp3) is 0.577. The van der Waals surface area contributed by atoms with E-state index in [9.17, 15) is 23.1 Å². The Kier molecular flexibility index (Phi) is 8.23. The Morgan fingerprint density at radius 2 is 1.78 bits per heavy atom. The van der Waals surface area contributed by atoms with Gasteiger partial charge in [0, 0.05) is 11.7 Å². The van der Waals surface area contributed by atoms with E-state index in [1.54, 1.807) is 6.07 Å². The number of piperidine rings is 1. The third-order valence-electron chi connectivity index (χ3n) is 7.35.